The van der Waals surface area contributed by atoms with E-state index in [1.807, 2.05) is 19.1 Å². The van der Waals surface area contributed by atoms with Crippen LogP contribution in [0.2, 0.25) is 0 Å². The van der Waals surface area contributed by atoms with Crippen molar-refractivity contribution in [2.24, 2.45) is 0 Å². The van der Waals surface area contributed by atoms with Crippen LogP contribution < -0.4 is 19.5 Å². The highest BCUT2D eigenvalue weighted by Crippen LogP contribution is 2.38. The number of nitro groups is 1. The molecular weight excluding hydrogens is 388 g/mol. The van der Waals surface area contributed by atoms with Crippen LogP contribution in [0.15, 0.2) is 42.5 Å². The van der Waals surface area contributed by atoms with Crippen LogP contribution in [-0.4, -0.2) is 36.2 Å². The van der Waals surface area contributed by atoms with Gasteiger partial charge < -0.3 is 19.5 Å². The van der Waals surface area contributed by atoms with Crippen molar-refractivity contribution in [2.75, 3.05) is 26.6 Å². The Kier molecular flexibility index (Phi) is 6.31. The van der Waals surface area contributed by atoms with Crippen molar-refractivity contribution in [3.63, 3.8) is 0 Å². The van der Waals surface area contributed by atoms with Gasteiger partial charge in [-0.3, -0.25) is 10.1 Å². The second-order valence-corrected chi connectivity index (χ2v) is 6.41. The first kappa shape index (κ1) is 20.8. The largest absolute Gasteiger partial charge is 0.493 e. The minimum atomic E-state index is -0.442. The van der Waals surface area contributed by atoms with Gasteiger partial charge in [0, 0.05) is 36.0 Å². The number of methoxy groups -OCH3 is 3. The quantitative estimate of drug-likeness (QED) is 0.438. The number of rotatable bonds is 8. The number of ether oxygens (including phenoxy) is 3. The second kappa shape index (κ2) is 9.08. The predicted octanol–water partition coefficient (Wildman–Crippen LogP) is 4.00. The number of aromatic nitrogens is 2. The smallest absolute Gasteiger partial charge is 0.270 e. The summed E-state index contributed by atoms with van der Waals surface area (Å²) in [5.41, 5.74) is 2.20. The lowest BCUT2D eigenvalue weighted by molar-refractivity contribution is -0.384. The Bertz CT molecular complexity index is 1050. The molecule has 0 aliphatic carbocycles. The maximum absolute atomic E-state index is 11.1. The molecule has 1 N–H and O–H groups in total. The molecule has 0 aliphatic heterocycles. The Hall–Kier alpha value is -3.88. The Morgan fingerprint density at radius 1 is 1.00 bits per heavy atom. The van der Waals surface area contributed by atoms with Crippen molar-refractivity contribution in [3.05, 3.63) is 63.8 Å². The third kappa shape index (κ3) is 4.57. The fourth-order valence-electron chi connectivity index (χ4n) is 2.98. The van der Waals surface area contributed by atoms with Gasteiger partial charge >= 0.3 is 0 Å². The number of nitrogens with one attached hydrogen (secondary N) is 1. The summed E-state index contributed by atoms with van der Waals surface area (Å²) < 4.78 is 16.1. The van der Waals surface area contributed by atoms with Crippen molar-refractivity contribution in [1.29, 1.82) is 0 Å². The SMILES string of the molecule is COc1cc(CNc2cc(C)nc(-c3cccc([N+](=O)[O-])c3)n2)cc(OC)c1OC. The van der Waals surface area contributed by atoms with Crippen molar-refractivity contribution < 1.29 is 19.1 Å². The third-order valence-corrected chi connectivity index (χ3v) is 4.37. The molecule has 0 spiro atoms. The molecule has 1 aromatic heterocycles. The lowest BCUT2D eigenvalue weighted by atomic mass is 10.1. The maximum Gasteiger partial charge on any atom is 0.270 e. The van der Waals surface area contributed by atoms with Crippen LogP contribution in [0.4, 0.5) is 11.5 Å². The number of benzene rings is 2. The number of non-ortho nitro benzene ring substituents is 1. The fourth-order valence-corrected chi connectivity index (χ4v) is 2.98. The highest BCUT2D eigenvalue weighted by Gasteiger charge is 2.14. The number of hydrogen-bond donors (Lipinski definition) is 1. The average molecular weight is 410 g/mol. The number of nitrogens with zero attached hydrogens (tertiary/aromatic N) is 3. The molecule has 0 saturated carbocycles. The van der Waals surface area contributed by atoms with Gasteiger partial charge in [-0.05, 0) is 24.6 Å². The van der Waals surface area contributed by atoms with Gasteiger partial charge in [0.1, 0.15) is 5.82 Å². The molecule has 0 unspecified atom stereocenters. The average Bonchev–Trinajstić information content (AvgIpc) is 2.76. The van der Waals surface area contributed by atoms with Crippen LogP contribution in [0.5, 0.6) is 17.2 Å². The first-order valence-corrected chi connectivity index (χ1v) is 9.08. The van der Waals surface area contributed by atoms with E-state index >= 15 is 0 Å². The van der Waals surface area contributed by atoms with Crippen LogP contribution in [0.25, 0.3) is 11.4 Å². The van der Waals surface area contributed by atoms with Crippen molar-refractivity contribution in [3.8, 4) is 28.6 Å². The summed E-state index contributed by atoms with van der Waals surface area (Å²) in [5.74, 6) is 2.65. The first-order valence-electron chi connectivity index (χ1n) is 9.08. The summed E-state index contributed by atoms with van der Waals surface area (Å²) in [6.07, 6.45) is 0. The number of nitro benzene ring substituents is 1. The van der Waals surface area contributed by atoms with Gasteiger partial charge in [-0.2, -0.15) is 0 Å². The Morgan fingerprint density at radius 3 is 2.30 bits per heavy atom. The number of aryl methyl sites for hydroxylation is 1. The second-order valence-electron chi connectivity index (χ2n) is 6.41. The van der Waals surface area contributed by atoms with Gasteiger partial charge in [-0.25, -0.2) is 9.97 Å². The minimum absolute atomic E-state index is 0.00969. The van der Waals surface area contributed by atoms with Gasteiger partial charge in [0.2, 0.25) is 5.75 Å². The summed E-state index contributed by atoms with van der Waals surface area (Å²) in [5, 5.41) is 14.3. The number of anilines is 1. The van der Waals surface area contributed by atoms with E-state index in [9.17, 15) is 10.1 Å². The number of hydrogen-bond acceptors (Lipinski definition) is 8. The highest BCUT2D eigenvalue weighted by atomic mass is 16.6. The van der Waals surface area contributed by atoms with Crippen LogP contribution in [0, 0.1) is 17.0 Å². The summed E-state index contributed by atoms with van der Waals surface area (Å²) in [6.45, 7) is 2.29. The van der Waals surface area contributed by atoms with Crippen LogP contribution >= 0.6 is 0 Å². The van der Waals surface area contributed by atoms with E-state index in [-0.39, 0.29) is 5.69 Å². The molecule has 1 heterocycles. The standard InChI is InChI=1S/C21H22N4O5/c1-13-8-19(24-21(23-13)15-6-5-7-16(11-15)25(26)27)22-12-14-9-17(28-2)20(30-4)18(10-14)29-3/h5-11H,12H2,1-4H3,(H,22,23,24). The lowest BCUT2D eigenvalue weighted by Crippen LogP contribution is -2.05. The Labute approximate surface area is 173 Å². The molecule has 0 aliphatic rings. The molecule has 30 heavy (non-hydrogen) atoms. The zero-order valence-electron chi connectivity index (χ0n) is 17.1. The van der Waals surface area contributed by atoms with Gasteiger partial charge in [0.25, 0.3) is 5.69 Å². The molecule has 2 aromatic carbocycles. The maximum atomic E-state index is 11.1. The van der Waals surface area contributed by atoms with Crippen molar-refractivity contribution in [1.82, 2.24) is 9.97 Å². The molecule has 0 radical (unpaired) electrons. The third-order valence-electron chi connectivity index (χ3n) is 4.37. The van der Waals surface area contributed by atoms with Crippen LogP contribution in [0.3, 0.4) is 0 Å². The highest BCUT2D eigenvalue weighted by molar-refractivity contribution is 5.61. The molecule has 156 valence electrons. The van der Waals surface area contributed by atoms with Gasteiger partial charge in [-0.1, -0.05) is 12.1 Å². The molecule has 0 atom stereocenters. The first-order chi connectivity index (χ1) is 14.4. The lowest BCUT2D eigenvalue weighted by Gasteiger charge is -2.15. The summed E-state index contributed by atoms with van der Waals surface area (Å²) in [6, 6.07) is 11.8. The van der Waals surface area contributed by atoms with E-state index in [0.29, 0.717) is 41.0 Å². The van der Waals surface area contributed by atoms with Crippen LogP contribution in [0.1, 0.15) is 11.3 Å². The van der Waals surface area contributed by atoms with Crippen molar-refractivity contribution in [2.45, 2.75) is 13.5 Å². The van der Waals surface area contributed by atoms with E-state index in [1.54, 1.807) is 39.5 Å². The molecule has 9 heteroatoms. The summed E-state index contributed by atoms with van der Waals surface area (Å²) >= 11 is 0. The van der Waals surface area contributed by atoms with E-state index in [1.165, 1.54) is 12.1 Å². The molecule has 3 aromatic rings. The normalized spacial score (nSPS) is 10.4. The molecule has 0 saturated heterocycles. The van der Waals surface area contributed by atoms with E-state index in [4.69, 9.17) is 14.2 Å². The molecule has 9 nitrogen and oxygen atoms in total. The molecule has 0 fully saturated rings. The molecule has 0 amide bonds. The predicted molar refractivity (Wildman–Crippen MR) is 112 cm³/mol. The fraction of sp³-hybridized carbons (Fsp3) is 0.238. The van der Waals surface area contributed by atoms with E-state index in [2.05, 4.69) is 15.3 Å². The molecule has 3 rings (SSSR count). The summed E-state index contributed by atoms with van der Waals surface area (Å²) in [4.78, 5) is 19.5. The van der Waals surface area contributed by atoms with E-state index in [0.717, 1.165) is 11.3 Å². The Balaban J connectivity index is 1.87. The zero-order chi connectivity index (χ0) is 21.7. The monoisotopic (exact) mass is 410 g/mol. The van der Waals surface area contributed by atoms with Crippen LogP contribution in [-0.2, 0) is 6.54 Å². The Morgan fingerprint density at radius 2 is 1.70 bits per heavy atom. The van der Waals surface area contributed by atoms with Crippen molar-refractivity contribution >= 4 is 11.5 Å². The van der Waals surface area contributed by atoms with E-state index < -0.39 is 4.92 Å². The van der Waals surface area contributed by atoms with Gasteiger partial charge in [0.05, 0.1) is 26.3 Å². The molecular formula is C21H22N4O5. The summed E-state index contributed by atoms with van der Waals surface area (Å²) in [7, 11) is 4.68. The van der Waals surface area contributed by atoms with Gasteiger partial charge in [0.15, 0.2) is 17.3 Å². The topological polar surface area (TPSA) is 109 Å². The molecule has 0 bridgehead atoms. The zero-order valence-corrected chi connectivity index (χ0v) is 17.1. The minimum Gasteiger partial charge on any atom is -0.493 e. The van der Waals surface area contributed by atoms with Gasteiger partial charge in [-0.15, -0.1) is 0 Å².